The van der Waals surface area contributed by atoms with Crippen LogP contribution in [0, 0.1) is 0 Å². The van der Waals surface area contributed by atoms with Crippen LogP contribution in [-0.4, -0.2) is 31.1 Å². The smallest absolute Gasteiger partial charge is 0.142 e. The summed E-state index contributed by atoms with van der Waals surface area (Å²) in [6, 6.07) is 15.5. The zero-order chi connectivity index (χ0) is 21.0. The summed E-state index contributed by atoms with van der Waals surface area (Å²) in [6.07, 6.45) is 1.57. The molecule has 156 valence electrons. The van der Waals surface area contributed by atoms with Crippen molar-refractivity contribution in [2.24, 2.45) is 10.1 Å². The third kappa shape index (κ3) is 3.95. The number of aliphatic imine (C=N–C) groups is 1. The maximum absolute atomic E-state index is 8.90. The number of hydrazine groups is 1. The molecule has 0 radical (unpaired) electrons. The fourth-order valence-corrected chi connectivity index (χ4v) is 4.27. The number of azide groups is 1. The topological polar surface area (TPSA) is 106 Å². The quantitative estimate of drug-likeness (QED) is 0.280. The normalized spacial score (nSPS) is 18.9. The summed E-state index contributed by atoms with van der Waals surface area (Å²) in [5.74, 6) is 0.781. The van der Waals surface area contributed by atoms with Crippen molar-refractivity contribution in [2.75, 3.05) is 25.1 Å². The second-order valence-corrected chi connectivity index (χ2v) is 8.16. The summed E-state index contributed by atoms with van der Waals surface area (Å²) in [5, 5.41) is 8.08. The van der Waals surface area contributed by atoms with Gasteiger partial charge in [-0.05, 0) is 36.2 Å². The molecule has 0 bridgehead atoms. The summed E-state index contributed by atoms with van der Waals surface area (Å²) >= 11 is 6.46. The number of anilines is 1. The van der Waals surface area contributed by atoms with E-state index in [1.165, 1.54) is 0 Å². The molecule has 3 N–H and O–H groups in total. The van der Waals surface area contributed by atoms with Crippen LogP contribution < -0.4 is 16.2 Å². The van der Waals surface area contributed by atoms with Crippen molar-refractivity contribution in [1.82, 2.24) is 10.9 Å². The molecule has 0 aromatic heterocycles. The highest BCUT2D eigenvalue weighted by Gasteiger charge is 2.42. The van der Waals surface area contributed by atoms with E-state index in [2.05, 4.69) is 26.2 Å². The average molecular weight is 426 g/mol. The molecule has 30 heavy (non-hydrogen) atoms. The van der Waals surface area contributed by atoms with Crippen molar-refractivity contribution in [3.8, 4) is 0 Å². The second kappa shape index (κ2) is 8.53. The van der Waals surface area contributed by atoms with Crippen LogP contribution in [0.3, 0.4) is 0 Å². The van der Waals surface area contributed by atoms with Gasteiger partial charge in [0.25, 0.3) is 0 Å². The number of fused-ring (bicyclic) bond motifs is 1. The van der Waals surface area contributed by atoms with Gasteiger partial charge in [-0.1, -0.05) is 47.0 Å². The van der Waals surface area contributed by atoms with Crippen LogP contribution in [0.4, 0.5) is 11.4 Å². The third-order valence-electron chi connectivity index (χ3n) is 5.69. The molecule has 1 spiro atoms. The van der Waals surface area contributed by atoms with Gasteiger partial charge in [0.05, 0.1) is 16.9 Å². The summed E-state index contributed by atoms with van der Waals surface area (Å²) in [4.78, 5) is 7.85. The molecule has 2 aromatic carbocycles. The molecule has 9 heteroatoms. The summed E-state index contributed by atoms with van der Waals surface area (Å²) < 4.78 is 5.60. The van der Waals surface area contributed by atoms with Gasteiger partial charge in [-0.25, -0.2) is 10.4 Å². The van der Waals surface area contributed by atoms with Crippen molar-refractivity contribution < 1.29 is 4.74 Å². The van der Waals surface area contributed by atoms with Crippen LogP contribution in [0.1, 0.15) is 25.3 Å². The molecular formula is C21H24ClN7O. The maximum Gasteiger partial charge on any atom is 0.142 e. The Bertz CT molecular complexity index is 998. The molecule has 2 heterocycles. The monoisotopic (exact) mass is 425 g/mol. The van der Waals surface area contributed by atoms with E-state index in [9.17, 15) is 0 Å². The van der Waals surface area contributed by atoms with E-state index in [-0.39, 0.29) is 12.1 Å². The average Bonchev–Trinajstić information content (AvgIpc) is 2.77. The highest BCUT2D eigenvalue weighted by Crippen LogP contribution is 2.37. The van der Waals surface area contributed by atoms with Crippen LogP contribution >= 0.6 is 11.6 Å². The van der Waals surface area contributed by atoms with Crippen LogP contribution in [0.5, 0.6) is 0 Å². The number of rotatable bonds is 5. The van der Waals surface area contributed by atoms with Crippen molar-refractivity contribution >= 4 is 28.8 Å². The first kappa shape index (κ1) is 20.5. The lowest BCUT2D eigenvalue weighted by atomic mass is 9.86. The first-order chi connectivity index (χ1) is 14.6. The molecule has 1 saturated heterocycles. The number of hydrogen-bond donors (Lipinski definition) is 3. The van der Waals surface area contributed by atoms with Gasteiger partial charge in [-0.2, -0.15) is 0 Å². The lowest BCUT2D eigenvalue weighted by molar-refractivity contribution is 0.0766. The van der Waals surface area contributed by atoms with Gasteiger partial charge < -0.3 is 15.5 Å². The van der Waals surface area contributed by atoms with Gasteiger partial charge in [0.2, 0.25) is 0 Å². The van der Waals surface area contributed by atoms with Crippen molar-refractivity contribution in [2.45, 2.75) is 30.8 Å². The molecule has 0 aliphatic carbocycles. The largest absolute Gasteiger partial charge is 0.381 e. The molecule has 1 atom stereocenters. The lowest BCUT2D eigenvalue weighted by Crippen LogP contribution is -2.62. The summed E-state index contributed by atoms with van der Waals surface area (Å²) in [6.45, 7) is 3.41. The fourth-order valence-electron chi connectivity index (χ4n) is 3.92. The molecule has 2 aliphatic rings. The highest BCUT2D eigenvalue weighted by molar-refractivity contribution is 6.31. The Labute approximate surface area is 180 Å². The predicted octanol–water partition coefficient (Wildman–Crippen LogP) is 4.66. The zero-order valence-electron chi connectivity index (χ0n) is 16.7. The third-order valence-corrected chi connectivity index (χ3v) is 6.01. The van der Waals surface area contributed by atoms with Crippen LogP contribution in [0.25, 0.3) is 10.4 Å². The van der Waals surface area contributed by atoms with Gasteiger partial charge >= 0.3 is 0 Å². The number of nitrogens with one attached hydrogen (secondary N) is 3. The van der Waals surface area contributed by atoms with E-state index in [0.29, 0.717) is 18.2 Å². The molecule has 8 nitrogen and oxygen atoms in total. The van der Waals surface area contributed by atoms with Gasteiger partial charge in [0.15, 0.2) is 0 Å². The molecular weight excluding hydrogens is 402 g/mol. The van der Waals surface area contributed by atoms with E-state index in [1.807, 2.05) is 55.5 Å². The maximum atomic E-state index is 8.90. The molecule has 0 amide bonds. The number of hydrogen-bond acceptors (Lipinski definition) is 6. The Hall–Kier alpha value is -2.77. The number of halogens is 1. The first-order valence-corrected chi connectivity index (χ1v) is 10.3. The van der Waals surface area contributed by atoms with E-state index in [4.69, 9.17) is 26.9 Å². The summed E-state index contributed by atoms with van der Waals surface area (Å²) in [7, 11) is 0. The molecule has 1 fully saturated rings. The van der Waals surface area contributed by atoms with Gasteiger partial charge in [0.1, 0.15) is 11.4 Å². The van der Waals surface area contributed by atoms with E-state index in [0.717, 1.165) is 35.6 Å². The van der Waals surface area contributed by atoms with Gasteiger partial charge in [-0.3, -0.25) is 0 Å². The minimum atomic E-state index is -0.740. The first-order valence-electron chi connectivity index (χ1n) is 9.90. The molecule has 4 rings (SSSR count). The Balaban J connectivity index is 1.67. The van der Waals surface area contributed by atoms with Gasteiger partial charge in [0, 0.05) is 42.5 Å². The van der Waals surface area contributed by atoms with Crippen LogP contribution in [0.2, 0.25) is 5.02 Å². The number of amidine groups is 1. The van der Waals surface area contributed by atoms with E-state index >= 15 is 0 Å². The lowest BCUT2D eigenvalue weighted by Gasteiger charge is -2.43. The molecule has 0 saturated carbocycles. The van der Waals surface area contributed by atoms with Crippen molar-refractivity contribution in [3.63, 3.8) is 0 Å². The molecule has 1 unspecified atom stereocenters. The Morgan fingerprint density at radius 2 is 1.97 bits per heavy atom. The minimum absolute atomic E-state index is 0.174. The van der Waals surface area contributed by atoms with Gasteiger partial charge in [-0.15, -0.1) is 0 Å². The van der Waals surface area contributed by atoms with Crippen LogP contribution in [0.15, 0.2) is 58.6 Å². The Kier molecular flexibility index (Phi) is 5.83. The zero-order valence-corrected chi connectivity index (χ0v) is 17.5. The van der Waals surface area contributed by atoms with E-state index in [1.54, 1.807) is 0 Å². The van der Waals surface area contributed by atoms with Crippen LogP contribution in [-0.2, 0) is 10.3 Å². The Morgan fingerprint density at radius 3 is 2.73 bits per heavy atom. The second-order valence-electron chi connectivity index (χ2n) is 7.75. The SMILES string of the molecule is CC(CN=[N+]=[N-])(NNC1=Nc2ccccc2NC12CCOCC2)c1ccccc1Cl. The summed E-state index contributed by atoms with van der Waals surface area (Å²) in [5.41, 5.74) is 17.2. The number of ether oxygens (including phenoxy) is 1. The molecule has 2 aromatic rings. The molecule has 2 aliphatic heterocycles. The standard InChI is InChI=1S/C21H24ClN7O/c1-20(14-24-29-23,15-6-2-3-7-16(15)22)28-27-19-21(10-12-30-13-11-21)26-18-9-5-4-8-17(18)25-19/h2-9,26,28H,10-14H2,1H3,(H,25,27). The number of nitrogens with zero attached hydrogens (tertiary/aromatic N) is 4. The predicted molar refractivity (Wildman–Crippen MR) is 119 cm³/mol. The highest BCUT2D eigenvalue weighted by atomic mass is 35.5. The number of benzene rings is 2. The van der Waals surface area contributed by atoms with E-state index < -0.39 is 5.54 Å². The van der Waals surface area contributed by atoms with Crippen molar-refractivity contribution in [3.05, 3.63) is 69.6 Å². The minimum Gasteiger partial charge on any atom is -0.381 e. The fraction of sp³-hybridized carbons (Fsp3) is 0.381. The Morgan fingerprint density at radius 1 is 1.23 bits per heavy atom. The number of para-hydroxylation sites is 2. The van der Waals surface area contributed by atoms with Crippen molar-refractivity contribution in [1.29, 1.82) is 0 Å².